The first-order valence-electron chi connectivity index (χ1n) is 7.46. The molecule has 5 heteroatoms. The number of nitrogens with one attached hydrogen (secondary N) is 1. The number of nitrogens with zero attached hydrogens (tertiary/aromatic N) is 2. The number of piperidine rings is 1. The molecule has 2 aliphatic rings. The van der Waals surface area contributed by atoms with Crippen LogP contribution in [0.2, 0.25) is 5.02 Å². The Kier molecular flexibility index (Phi) is 5.77. The zero-order chi connectivity index (χ0) is 14.1. The summed E-state index contributed by atoms with van der Waals surface area (Å²) in [5.41, 5.74) is 1.24. The fraction of sp³-hybridized carbons (Fsp3) is 0.562. The molecule has 1 aromatic rings. The van der Waals surface area contributed by atoms with E-state index >= 15 is 0 Å². The van der Waals surface area contributed by atoms with Crippen LogP contribution in [0.15, 0.2) is 29.3 Å². The normalized spacial score (nSPS) is 25.7. The van der Waals surface area contributed by atoms with E-state index in [1.54, 1.807) is 0 Å². The molecule has 2 aliphatic heterocycles. The zero-order valence-electron chi connectivity index (χ0n) is 12.6. The van der Waals surface area contributed by atoms with Crippen LogP contribution in [0, 0.1) is 5.92 Å². The van der Waals surface area contributed by atoms with Crippen molar-refractivity contribution in [2.24, 2.45) is 10.9 Å². The Hall–Kier alpha value is -0.490. The van der Waals surface area contributed by atoms with Gasteiger partial charge >= 0.3 is 0 Å². The van der Waals surface area contributed by atoms with Gasteiger partial charge in [0.2, 0.25) is 0 Å². The lowest BCUT2D eigenvalue weighted by Gasteiger charge is -2.36. The number of rotatable bonds is 2. The molecule has 1 saturated heterocycles. The van der Waals surface area contributed by atoms with Gasteiger partial charge in [-0.25, -0.2) is 0 Å². The molecule has 116 valence electrons. The number of halogens is 2. The highest BCUT2D eigenvalue weighted by Crippen LogP contribution is 2.26. The van der Waals surface area contributed by atoms with E-state index in [2.05, 4.69) is 36.2 Å². The number of aliphatic imine (C=N–C) groups is 1. The van der Waals surface area contributed by atoms with Crippen LogP contribution in [0.25, 0.3) is 0 Å². The highest BCUT2D eigenvalue weighted by molar-refractivity contribution is 14.0. The fourth-order valence-corrected chi connectivity index (χ4v) is 3.22. The molecule has 3 rings (SSSR count). The molecule has 0 saturated carbocycles. The van der Waals surface area contributed by atoms with E-state index in [9.17, 15) is 0 Å². The Balaban J connectivity index is 0.00000161. The van der Waals surface area contributed by atoms with Crippen LogP contribution in [-0.4, -0.2) is 30.0 Å². The Morgan fingerprint density at radius 2 is 2.00 bits per heavy atom. The lowest BCUT2D eigenvalue weighted by atomic mass is 9.95. The van der Waals surface area contributed by atoms with Crippen molar-refractivity contribution in [3.8, 4) is 0 Å². The van der Waals surface area contributed by atoms with Crippen LogP contribution >= 0.6 is 35.6 Å². The van der Waals surface area contributed by atoms with Crippen molar-refractivity contribution in [1.82, 2.24) is 10.2 Å². The number of guanidine groups is 1. The van der Waals surface area contributed by atoms with E-state index in [1.807, 2.05) is 12.1 Å². The largest absolute Gasteiger partial charge is 0.350 e. The lowest BCUT2D eigenvalue weighted by Crippen LogP contribution is -2.48. The molecule has 3 atom stereocenters. The minimum Gasteiger partial charge on any atom is -0.350 e. The molecule has 1 fully saturated rings. The van der Waals surface area contributed by atoms with Gasteiger partial charge in [0.15, 0.2) is 5.96 Å². The highest BCUT2D eigenvalue weighted by atomic mass is 127. The molecule has 0 amide bonds. The second kappa shape index (κ2) is 7.18. The van der Waals surface area contributed by atoms with Gasteiger partial charge in [0, 0.05) is 11.6 Å². The van der Waals surface area contributed by atoms with Crippen molar-refractivity contribution in [2.45, 2.75) is 38.8 Å². The van der Waals surface area contributed by atoms with E-state index in [0.717, 1.165) is 30.0 Å². The van der Waals surface area contributed by atoms with Crippen molar-refractivity contribution in [1.29, 1.82) is 0 Å². The first kappa shape index (κ1) is 16.9. The van der Waals surface area contributed by atoms with Crippen LogP contribution in [-0.2, 0) is 0 Å². The summed E-state index contributed by atoms with van der Waals surface area (Å²) in [7, 11) is 0. The average molecular weight is 420 g/mol. The molecule has 0 bridgehead atoms. The summed E-state index contributed by atoms with van der Waals surface area (Å²) in [6.45, 7) is 6.58. The van der Waals surface area contributed by atoms with E-state index < -0.39 is 0 Å². The summed E-state index contributed by atoms with van der Waals surface area (Å²) in [5, 5.41) is 4.35. The summed E-state index contributed by atoms with van der Waals surface area (Å²) in [6, 6.07) is 8.90. The van der Waals surface area contributed by atoms with Crippen molar-refractivity contribution in [3.63, 3.8) is 0 Å². The van der Waals surface area contributed by atoms with Gasteiger partial charge in [0.1, 0.15) is 0 Å². The highest BCUT2D eigenvalue weighted by Gasteiger charge is 2.33. The maximum atomic E-state index is 5.94. The average Bonchev–Trinajstić information content (AvgIpc) is 2.82. The molecular formula is C16H23ClIN3. The van der Waals surface area contributed by atoms with E-state index in [4.69, 9.17) is 16.6 Å². The first-order valence-corrected chi connectivity index (χ1v) is 7.84. The quantitative estimate of drug-likeness (QED) is 0.732. The van der Waals surface area contributed by atoms with Crippen LogP contribution in [0.5, 0.6) is 0 Å². The second-order valence-corrected chi connectivity index (χ2v) is 6.51. The van der Waals surface area contributed by atoms with Crippen LogP contribution < -0.4 is 5.32 Å². The van der Waals surface area contributed by atoms with Crippen LogP contribution in [0.4, 0.5) is 0 Å². The molecule has 3 nitrogen and oxygen atoms in total. The summed E-state index contributed by atoms with van der Waals surface area (Å²) in [5.74, 6) is 1.84. The topological polar surface area (TPSA) is 27.6 Å². The molecule has 21 heavy (non-hydrogen) atoms. The van der Waals surface area contributed by atoms with E-state index in [1.165, 1.54) is 18.4 Å². The zero-order valence-corrected chi connectivity index (χ0v) is 15.6. The van der Waals surface area contributed by atoms with Gasteiger partial charge in [-0.1, -0.05) is 30.7 Å². The molecule has 1 aromatic carbocycles. The maximum Gasteiger partial charge on any atom is 0.194 e. The van der Waals surface area contributed by atoms with E-state index in [-0.39, 0.29) is 30.0 Å². The molecule has 3 unspecified atom stereocenters. The van der Waals surface area contributed by atoms with Crippen LogP contribution in [0.1, 0.15) is 38.3 Å². The van der Waals surface area contributed by atoms with Crippen molar-refractivity contribution < 1.29 is 0 Å². The molecule has 0 aliphatic carbocycles. The summed E-state index contributed by atoms with van der Waals surface area (Å²) < 4.78 is 0. The van der Waals surface area contributed by atoms with Gasteiger partial charge in [0.05, 0.1) is 18.6 Å². The molecule has 0 radical (unpaired) electrons. The fourth-order valence-electron chi connectivity index (χ4n) is 3.10. The number of benzene rings is 1. The summed E-state index contributed by atoms with van der Waals surface area (Å²) >= 11 is 5.94. The second-order valence-electron chi connectivity index (χ2n) is 6.07. The van der Waals surface area contributed by atoms with Gasteiger partial charge in [-0.05, 0) is 43.4 Å². The van der Waals surface area contributed by atoms with Crippen molar-refractivity contribution in [2.75, 3.05) is 13.1 Å². The van der Waals surface area contributed by atoms with Gasteiger partial charge in [0.25, 0.3) is 0 Å². The smallest absolute Gasteiger partial charge is 0.194 e. The predicted molar refractivity (Wildman–Crippen MR) is 99.6 cm³/mol. The maximum absolute atomic E-state index is 5.94. The molecule has 0 aromatic heterocycles. The standard InChI is InChI=1S/C16H22ClN3.HI/c1-11-3-8-15-9-18-16(20(15)10-11)19-12(2)13-4-6-14(17)7-5-13;/h4-7,11-12,15H,3,8-10H2,1-2H3,(H,18,19);1H. The number of fused-ring (bicyclic) bond motifs is 1. The Morgan fingerprint density at radius 3 is 2.71 bits per heavy atom. The first-order chi connectivity index (χ1) is 9.63. The minimum atomic E-state index is 0. The Morgan fingerprint density at radius 1 is 1.29 bits per heavy atom. The Labute approximate surface area is 149 Å². The van der Waals surface area contributed by atoms with Crippen molar-refractivity contribution in [3.05, 3.63) is 34.9 Å². The van der Waals surface area contributed by atoms with Gasteiger partial charge in [-0.3, -0.25) is 4.99 Å². The number of hydrogen-bond acceptors (Lipinski definition) is 3. The molecule has 2 heterocycles. The van der Waals surface area contributed by atoms with Crippen molar-refractivity contribution >= 4 is 41.5 Å². The van der Waals surface area contributed by atoms with Crippen LogP contribution in [0.3, 0.4) is 0 Å². The van der Waals surface area contributed by atoms with Gasteiger partial charge in [-0.15, -0.1) is 24.0 Å². The molecular weight excluding hydrogens is 397 g/mol. The monoisotopic (exact) mass is 419 g/mol. The Bertz CT molecular complexity index is 503. The van der Waals surface area contributed by atoms with Gasteiger partial charge in [-0.2, -0.15) is 0 Å². The SMILES string of the molecule is CC1CCC2CN=C(NC(C)c3ccc(Cl)cc3)N2C1.I. The summed E-state index contributed by atoms with van der Waals surface area (Å²) in [4.78, 5) is 7.16. The van der Waals surface area contributed by atoms with E-state index in [0.29, 0.717) is 6.04 Å². The number of hydrogen-bond donors (Lipinski definition) is 1. The predicted octanol–water partition coefficient (Wildman–Crippen LogP) is 4.08. The third-order valence-corrected chi connectivity index (χ3v) is 4.63. The lowest BCUT2D eigenvalue weighted by molar-refractivity contribution is 0.210. The van der Waals surface area contributed by atoms with Gasteiger partial charge < -0.3 is 10.2 Å². The third-order valence-electron chi connectivity index (χ3n) is 4.38. The molecule has 0 spiro atoms. The summed E-state index contributed by atoms with van der Waals surface area (Å²) in [6.07, 6.45) is 2.60. The minimum absolute atomic E-state index is 0. The molecule has 1 N–H and O–H groups in total. The third kappa shape index (κ3) is 3.83.